The number of rotatable bonds is 5. The van der Waals surface area contributed by atoms with Gasteiger partial charge in [0.1, 0.15) is 22.5 Å². The van der Waals surface area contributed by atoms with Crippen molar-refractivity contribution in [2.24, 2.45) is 5.92 Å². The number of carbonyl (C=O) groups is 2. The molecule has 112 valence electrons. The number of furan rings is 1. The number of hydrogen-bond acceptors (Lipinski definition) is 5. The Hall–Kier alpha value is -2.15. The molecular weight excluding hydrogens is 292 g/mol. The van der Waals surface area contributed by atoms with Gasteiger partial charge in [-0.25, -0.2) is 9.78 Å². The molecule has 21 heavy (non-hydrogen) atoms. The first-order valence-corrected chi connectivity index (χ1v) is 7.26. The van der Waals surface area contributed by atoms with Gasteiger partial charge in [-0.2, -0.15) is 0 Å². The summed E-state index contributed by atoms with van der Waals surface area (Å²) < 4.78 is 4.97. The first kappa shape index (κ1) is 15.2. The van der Waals surface area contributed by atoms with E-state index in [1.165, 1.54) is 30.8 Å². The van der Waals surface area contributed by atoms with E-state index in [0.717, 1.165) is 5.56 Å². The summed E-state index contributed by atoms with van der Waals surface area (Å²) in [5.41, 5.74) is -0.357. The second kappa shape index (κ2) is 5.69. The standard InChI is InChI=1S/C14H16N2O4S/c1-8(2)14(3,13(18)19)16-11(17)10-7-21-12(15-10)9-4-5-20-6-9/h4-8H,1-3H3,(H,16,17)(H,18,19)/t14-/m0/s1. The summed E-state index contributed by atoms with van der Waals surface area (Å²) in [5, 5.41) is 14.1. The lowest BCUT2D eigenvalue weighted by molar-refractivity contribution is -0.145. The van der Waals surface area contributed by atoms with Crippen LogP contribution in [0.15, 0.2) is 28.4 Å². The van der Waals surface area contributed by atoms with Crippen LogP contribution in [0.5, 0.6) is 0 Å². The number of nitrogens with one attached hydrogen (secondary N) is 1. The Morgan fingerprint density at radius 2 is 2.19 bits per heavy atom. The molecule has 2 aromatic heterocycles. The van der Waals surface area contributed by atoms with Crippen LogP contribution < -0.4 is 5.32 Å². The molecule has 2 rings (SSSR count). The van der Waals surface area contributed by atoms with Crippen molar-refractivity contribution < 1.29 is 19.1 Å². The molecule has 0 saturated carbocycles. The van der Waals surface area contributed by atoms with Crippen molar-refractivity contribution in [1.82, 2.24) is 10.3 Å². The number of nitrogens with zero attached hydrogens (tertiary/aromatic N) is 1. The van der Waals surface area contributed by atoms with E-state index in [4.69, 9.17) is 4.42 Å². The summed E-state index contributed by atoms with van der Waals surface area (Å²) in [6.45, 7) is 4.97. The van der Waals surface area contributed by atoms with Gasteiger partial charge in [-0.05, 0) is 18.9 Å². The van der Waals surface area contributed by atoms with Crippen LogP contribution in [0.3, 0.4) is 0 Å². The number of carboxylic acids is 1. The molecule has 0 bridgehead atoms. The lowest BCUT2D eigenvalue weighted by Crippen LogP contribution is -2.55. The van der Waals surface area contributed by atoms with Gasteiger partial charge in [-0.1, -0.05) is 13.8 Å². The molecule has 0 radical (unpaired) electrons. The zero-order chi connectivity index (χ0) is 15.6. The SMILES string of the molecule is CC(C)[C@](C)(NC(=O)c1csc(-c2ccoc2)n1)C(=O)O. The van der Waals surface area contributed by atoms with Crippen LogP contribution >= 0.6 is 11.3 Å². The minimum absolute atomic E-state index is 0.198. The van der Waals surface area contributed by atoms with E-state index in [1.807, 2.05) is 0 Å². The van der Waals surface area contributed by atoms with E-state index in [9.17, 15) is 14.7 Å². The monoisotopic (exact) mass is 308 g/mol. The van der Waals surface area contributed by atoms with Crippen molar-refractivity contribution >= 4 is 23.2 Å². The van der Waals surface area contributed by atoms with Crippen molar-refractivity contribution in [1.29, 1.82) is 0 Å². The number of amides is 1. The molecule has 6 nitrogen and oxygen atoms in total. The Balaban J connectivity index is 2.19. The Bertz CT molecular complexity index is 648. The van der Waals surface area contributed by atoms with Gasteiger partial charge in [-0.3, -0.25) is 4.79 Å². The molecule has 1 amide bonds. The maximum Gasteiger partial charge on any atom is 0.329 e. The maximum atomic E-state index is 12.2. The molecular formula is C14H16N2O4S. The van der Waals surface area contributed by atoms with Gasteiger partial charge in [0.05, 0.1) is 6.26 Å². The molecule has 2 N–H and O–H groups in total. The van der Waals surface area contributed by atoms with Crippen LogP contribution in [0, 0.1) is 5.92 Å². The molecule has 0 aliphatic heterocycles. The molecule has 0 saturated heterocycles. The average molecular weight is 308 g/mol. The second-order valence-corrected chi connectivity index (χ2v) is 6.02. The van der Waals surface area contributed by atoms with E-state index in [2.05, 4.69) is 10.3 Å². The summed E-state index contributed by atoms with van der Waals surface area (Å²) >= 11 is 1.30. The highest BCUT2D eigenvalue weighted by molar-refractivity contribution is 7.13. The fraction of sp³-hybridized carbons (Fsp3) is 0.357. The first-order valence-electron chi connectivity index (χ1n) is 6.38. The van der Waals surface area contributed by atoms with Crippen LogP contribution in [0.25, 0.3) is 10.6 Å². The number of aliphatic carboxylic acids is 1. The zero-order valence-electron chi connectivity index (χ0n) is 11.9. The third-order valence-corrected chi connectivity index (χ3v) is 4.37. The summed E-state index contributed by atoms with van der Waals surface area (Å²) in [6.07, 6.45) is 3.06. The third-order valence-electron chi connectivity index (χ3n) is 3.48. The molecule has 1 atom stereocenters. The molecule has 2 heterocycles. The van der Waals surface area contributed by atoms with E-state index in [0.29, 0.717) is 5.01 Å². The van der Waals surface area contributed by atoms with E-state index < -0.39 is 17.4 Å². The minimum Gasteiger partial charge on any atom is -0.480 e. The second-order valence-electron chi connectivity index (χ2n) is 5.17. The Kier molecular flexibility index (Phi) is 4.13. The van der Waals surface area contributed by atoms with Gasteiger partial charge in [0.15, 0.2) is 0 Å². The summed E-state index contributed by atoms with van der Waals surface area (Å²) in [6, 6.07) is 1.75. The first-order chi connectivity index (χ1) is 9.84. The van der Waals surface area contributed by atoms with Crippen molar-refractivity contribution in [2.75, 3.05) is 0 Å². The average Bonchev–Trinajstić information content (AvgIpc) is 3.08. The molecule has 0 aromatic carbocycles. The Morgan fingerprint density at radius 1 is 1.48 bits per heavy atom. The van der Waals surface area contributed by atoms with E-state index in [1.54, 1.807) is 25.3 Å². The predicted molar refractivity (Wildman–Crippen MR) is 78.2 cm³/mol. The molecule has 7 heteroatoms. The topological polar surface area (TPSA) is 92.4 Å². The van der Waals surface area contributed by atoms with Crippen LogP contribution in [0.4, 0.5) is 0 Å². The van der Waals surface area contributed by atoms with Crippen LogP contribution in [0.2, 0.25) is 0 Å². The normalized spacial score (nSPS) is 13.9. The summed E-state index contributed by atoms with van der Waals surface area (Å²) in [7, 11) is 0. The lowest BCUT2D eigenvalue weighted by Gasteiger charge is -2.29. The fourth-order valence-electron chi connectivity index (χ4n) is 1.64. The lowest BCUT2D eigenvalue weighted by atomic mass is 9.88. The van der Waals surface area contributed by atoms with E-state index in [-0.39, 0.29) is 11.6 Å². The number of hydrogen-bond donors (Lipinski definition) is 2. The molecule has 0 unspecified atom stereocenters. The number of thiazole rings is 1. The summed E-state index contributed by atoms with van der Waals surface area (Å²) in [4.78, 5) is 27.8. The van der Waals surface area contributed by atoms with Crippen LogP contribution in [0.1, 0.15) is 31.3 Å². The third kappa shape index (κ3) is 2.97. The smallest absolute Gasteiger partial charge is 0.329 e. The van der Waals surface area contributed by atoms with Gasteiger partial charge in [-0.15, -0.1) is 11.3 Å². The fourth-order valence-corrected chi connectivity index (χ4v) is 2.43. The molecule has 0 fully saturated rings. The molecule has 2 aromatic rings. The van der Waals surface area contributed by atoms with Crippen molar-refractivity contribution in [3.8, 4) is 10.6 Å². The highest BCUT2D eigenvalue weighted by Crippen LogP contribution is 2.24. The minimum atomic E-state index is -1.34. The van der Waals surface area contributed by atoms with Gasteiger partial charge in [0, 0.05) is 10.9 Å². The Labute approximate surface area is 125 Å². The molecule has 0 aliphatic carbocycles. The van der Waals surface area contributed by atoms with Crippen molar-refractivity contribution in [3.63, 3.8) is 0 Å². The maximum absolute atomic E-state index is 12.2. The van der Waals surface area contributed by atoms with Gasteiger partial charge in [0.25, 0.3) is 5.91 Å². The van der Waals surface area contributed by atoms with Crippen LogP contribution in [-0.2, 0) is 4.79 Å². The largest absolute Gasteiger partial charge is 0.480 e. The van der Waals surface area contributed by atoms with E-state index >= 15 is 0 Å². The predicted octanol–water partition coefficient (Wildman–Crippen LogP) is 2.63. The van der Waals surface area contributed by atoms with Gasteiger partial charge in [0.2, 0.25) is 0 Å². The number of carboxylic acid groups (broad SMARTS) is 1. The highest BCUT2D eigenvalue weighted by atomic mass is 32.1. The molecule has 0 spiro atoms. The number of carbonyl (C=O) groups excluding carboxylic acids is 1. The van der Waals surface area contributed by atoms with Gasteiger partial charge < -0.3 is 14.8 Å². The quantitative estimate of drug-likeness (QED) is 0.885. The van der Waals surface area contributed by atoms with Crippen molar-refractivity contribution in [3.05, 3.63) is 29.7 Å². The van der Waals surface area contributed by atoms with Gasteiger partial charge >= 0.3 is 5.97 Å². The summed E-state index contributed by atoms with van der Waals surface area (Å²) in [5.74, 6) is -1.83. The molecule has 0 aliphatic rings. The number of aromatic nitrogens is 1. The highest BCUT2D eigenvalue weighted by Gasteiger charge is 2.38. The Morgan fingerprint density at radius 3 is 2.71 bits per heavy atom. The van der Waals surface area contributed by atoms with Crippen LogP contribution in [-0.4, -0.2) is 27.5 Å². The van der Waals surface area contributed by atoms with Crippen molar-refractivity contribution in [2.45, 2.75) is 26.3 Å². The zero-order valence-corrected chi connectivity index (χ0v) is 12.7.